The zero-order chi connectivity index (χ0) is 33.8. The van der Waals surface area contributed by atoms with E-state index in [4.69, 9.17) is 5.11 Å². The summed E-state index contributed by atoms with van der Waals surface area (Å²) >= 11 is 0. The third-order valence-corrected chi connectivity index (χ3v) is 7.19. The highest BCUT2D eigenvalue weighted by Crippen LogP contribution is 2.26. The summed E-state index contributed by atoms with van der Waals surface area (Å²) < 4.78 is 12.5. The van der Waals surface area contributed by atoms with Gasteiger partial charge >= 0.3 is 5.97 Å². The average molecular weight is 623 g/mol. The Morgan fingerprint density at radius 3 is 2.02 bits per heavy atom. The molecule has 1 saturated heterocycles. The first-order valence-electron chi connectivity index (χ1n) is 16.6. The number of benzene rings is 2. The van der Waals surface area contributed by atoms with Crippen molar-refractivity contribution in [2.75, 3.05) is 43.1 Å². The molecule has 0 aromatic heterocycles. The molecule has 248 valence electrons. The number of allylic oxidation sites excluding steroid dienone is 2. The SMILES string of the molecule is CC.CC.CC.CC1=NN(c2ccc(C(=O)O)cc2)C(=O)/C1=C\c1ccc(N2CCN(C)CC2)cc1.FC1/C=C\CCCCC1. The Labute approximate surface area is 271 Å². The van der Waals surface area contributed by atoms with Gasteiger partial charge in [-0.2, -0.15) is 10.1 Å². The summed E-state index contributed by atoms with van der Waals surface area (Å²) in [6.07, 6.45) is 10.1. The maximum Gasteiger partial charge on any atom is 0.335 e. The largest absolute Gasteiger partial charge is 0.478 e. The van der Waals surface area contributed by atoms with Crippen LogP contribution < -0.4 is 9.91 Å². The first-order chi connectivity index (χ1) is 21.8. The number of halogens is 1. The number of carbonyl (C=O) groups is 2. The predicted octanol–water partition coefficient (Wildman–Crippen LogP) is 8.87. The van der Waals surface area contributed by atoms with E-state index in [0.717, 1.165) is 51.0 Å². The van der Waals surface area contributed by atoms with Crippen molar-refractivity contribution in [1.82, 2.24) is 4.90 Å². The molecule has 1 atom stereocenters. The highest BCUT2D eigenvalue weighted by Gasteiger charge is 2.28. The Kier molecular flexibility index (Phi) is 19.0. The first-order valence-corrected chi connectivity index (χ1v) is 16.6. The van der Waals surface area contributed by atoms with Gasteiger partial charge in [0.15, 0.2) is 0 Å². The Balaban J connectivity index is 0.000000567. The predicted molar refractivity (Wildman–Crippen MR) is 189 cm³/mol. The topological polar surface area (TPSA) is 76.4 Å². The lowest BCUT2D eigenvalue weighted by Crippen LogP contribution is -2.44. The van der Waals surface area contributed by atoms with Crippen LogP contribution in [0.2, 0.25) is 0 Å². The summed E-state index contributed by atoms with van der Waals surface area (Å²) in [4.78, 5) is 28.6. The van der Waals surface area contributed by atoms with Gasteiger partial charge in [0, 0.05) is 31.9 Å². The second-order valence-corrected chi connectivity index (χ2v) is 10.2. The van der Waals surface area contributed by atoms with E-state index in [0.29, 0.717) is 17.0 Å². The molecule has 2 aliphatic heterocycles. The number of amides is 1. The van der Waals surface area contributed by atoms with Crippen molar-refractivity contribution < 1.29 is 19.1 Å². The third-order valence-electron chi connectivity index (χ3n) is 7.19. The van der Waals surface area contributed by atoms with E-state index in [-0.39, 0.29) is 11.5 Å². The van der Waals surface area contributed by atoms with Crippen LogP contribution in [0.25, 0.3) is 6.08 Å². The van der Waals surface area contributed by atoms with Crippen molar-refractivity contribution in [1.29, 1.82) is 0 Å². The number of hydrogen-bond donors (Lipinski definition) is 1. The lowest BCUT2D eigenvalue weighted by Gasteiger charge is -2.34. The van der Waals surface area contributed by atoms with Crippen molar-refractivity contribution in [3.8, 4) is 0 Å². The van der Waals surface area contributed by atoms with Crippen LogP contribution >= 0.6 is 0 Å². The molecule has 1 N–H and O–H groups in total. The quantitative estimate of drug-likeness (QED) is 0.272. The van der Waals surface area contributed by atoms with Gasteiger partial charge in [0.1, 0.15) is 6.17 Å². The van der Waals surface area contributed by atoms with Gasteiger partial charge in [0.25, 0.3) is 5.91 Å². The van der Waals surface area contributed by atoms with Crippen LogP contribution in [0.15, 0.2) is 71.4 Å². The highest BCUT2D eigenvalue weighted by atomic mass is 19.1. The normalized spacial score (nSPS) is 19.5. The number of nitrogens with zero attached hydrogens (tertiary/aromatic N) is 4. The van der Waals surface area contributed by atoms with E-state index in [9.17, 15) is 14.0 Å². The van der Waals surface area contributed by atoms with Gasteiger partial charge in [-0.3, -0.25) is 4.79 Å². The van der Waals surface area contributed by atoms with Crippen LogP contribution in [0.4, 0.5) is 15.8 Å². The molecule has 1 amide bonds. The number of anilines is 2. The summed E-state index contributed by atoms with van der Waals surface area (Å²) in [5, 5.41) is 14.7. The second kappa shape index (κ2) is 21.8. The first kappa shape index (κ1) is 39.2. The number of likely N-dealkylation sites (N-methyl/N-ethyl adjacent to an activating group) is 1. The number of carboxylic acids is 1. The van der Waals surface area contributed by atoms with Crippen LogP contribution in [-0.2, 0) is 4.79 Å². The zero-order valence-corrected chi connectivity index (χ0v) is 28.7. The van der Waals surface area contributed by atoms with Gasteiger partial charge in [-0.1, -0.05) is 78.7 Å². The number of alkyl halides is 1. The highest BCUT2D eigenvalue weighted by molar-refractivity contribution is 6.32. The van der Waals surface area contributed by atoms with Crippen molar-refractivity contribution in [3.05, 3.63) is 77.4 Å². The summed E-state index contributed by atoms with van der Waals surface area (Å²) in [5.41, 5.74) is 4.00. The smallest absolute Gasteiger partial charge is 0.335 e. The number of aromatic carboxylic acids is 1. The fourth-order valence-electron chi connectivity index (χ4n) is 4.74. The molecule has 2 heterocycles. The summed E-state index contributed by atoms with van der Waals surface area (Å²) in [7, 11) is 2.14. The molecule has 45 heavy (non-hydrogen) atoms. The third kappa shape index (κ3) is 12.6. The van der Waals surface area contributed by atoms with Gasteiger partial charge in [-0.25, -0.2) is 9.18 Å². The maximum absolute atomic E-state index is 12.9. The number of hydrogen-bond acceptors (Lipinski definition) is 5. The molecular formula is C37H55FN4O3. The standard InChI is InChI=1S/C23H24N4O3.C8H13F.3C2H6/c1-16-21(22(28)27(24-16)20-9-5-18(6-10-20)23(29)30)15-17-3-7-19(8-4-17)26-13-11-25(2)12-14-26;9-8-6-4-2-1-3-5-7-8;3*1-2/h3-10,15H,11-14H2,1-2H3,(H,29,30);4,6,8H,1-3,5,7H2;3*1-2H3/b21-15-;6-4-;;;. The molecule has 7 nitrogen and oxygen atoms in total. The molecule has 5 rings (SSSR count). The van der Waals surface area contributed by atoms with Crippen LogP contribution in [0, 0.1) is 0 Å². The fraction of sp³-hybridized carbons (Fsp3) is 0.486. The van der Waals surface area contributed by atoms with E-state index in [2.05, 4.69) is 34.1 Å². The molecule has 0 radical (unpaired) electrons. The lowest BCUT2D eigenvalue weighted by atomic mass is 10.1. The van der Waals surface area contributed by atoms with Crippen LogP contribution in [-0.4, -0.2) is 67.0 Å². The van der Waals surface area contributed by atoms with Gasteiger partial charge < -0.3 is 14.9 Å². The number of rotatable bonds is 4. The molecule has 2 aromatic rings. The number of hydrazone groups is 1. The summed E-state index contributed by atoms with van der Waals surface area (Å²) in [6.45, 7) is 17.9. The summed E-state index contributed by atoms with van der Waals surface area (Å²) in [5.74, 6) is -1.23. The van der Waals surface area contributed by atoms with E-state index in [1.165, 1.54) is 35.7 Å². The fourth-order valence-corrected chi connectivity index (χ4v) is 4.74. The molecule has 8 heteroatoms. The van der Waals surface area contributed by atoms with E-state index >= 15 is 0 Å². The number of carboxylic acid groups (broad SMARTS) is 1. The zero-order valence-electron chi connectivity index (χ0n) is 28.7. The van der Waals surface area contributed by atoms with Gasteiger partial charge in [0.05, 0.1) is 22.5 Å². The van der Waals surface area contributed by atoms with Crippen molar-refractivity contribution in [2.45, 2.75) is 86.7 Å². The van der Waals surface area contributed by atoms with Crippen LogP contribution in [0.3, 0.4) is 0 Å². The van der Waals surface area contributed by atoms with E-state index in [1.54, 1.807) is 25.1 Å². The van der Waals surface area contributed by atoms with Crippen molar-refractivity contribution >= 4 is 35.0 Å². The van der Waals surface area contributed by atoms with Crippen molar-refractivity contribution in [2.24, 2.45) is 5.10 Å². The molecule has 1 unspecified atom stereocenters. The molecule has 1 aliphatic carbocycles. The van der Waals surface area contributed by atoms with Crippen LogP contribution in [0.1, 0.15) is 96.5 Å². The lowest BCUT2D eigenvalue weighted by molar-refractivity contribution is -0.114. The van der Waals surface area contributed by atoms with E-state index in [1.807, 2.05) is 65.8 Å². The Morgan fingerprint density at radius 1 is 0.867 bits per heavy atom. The molecule has 3 aliphatic rings. The minimum absolute atomic E-state index is 0.169. The average Bonchev–Trinajstić information content (AvgIpc) is 3.35. The van der Waals surface area contributed by atoms with Crippen molar-refractivity contribution in [3.63, 3.8) is 0 Å². The molecule has 1 fully saturated rings. The molecular weight excluding hydrogens is 567 g/mol. The minimum Gasteiger partial charge on any atom is -0.478 e. The van der Waals surface area contributed by atoms with Gasteiger partial charge in [0.2, 0.25) is 0 Å². The van der Waals surface area contributed by atoms with Gasteiger partial charge in [-0.15, -0.1) is 0 Å². The monoisotopic (exact) mass is 622 g/mol. The van der Waals surface area contributed by atoms with E-state index < -0.39 is 12.1 Å². The molecule has 0 saturated carbocycles. The Bertz CT molecular complexity index is 1230. The second-order valence-electron chi connectivity index (χ2n) is 10.2. The molecule has 0 spiro atoms. The number of carbonyl (C=O) groups excluding carboxylic acids is 1. The minimum atomic E-state index is -1.01. The summed E-state index contributed by atoms with van der Waals surface area (Å²) in [6, 6.07) is 14.3. The van der Waals surface area contributed by atoms with Crippen LogP contribution in [0.5, 0.6) is 0 Å². The Morgan fingerprint density at radius 2 is 1.44 bits per heavy atom. The molecule has 0 bridgehead atoms. The number of piperazine rings is 1. The van der Waals surface area contributed by atoms with Gasteiger partial charge in [-0.05, 0) is 81.3 Å². The Hall–Kier alpha value is -3.78. The maximum atomic E-state index is 12.9. The molecule has 2 aromatic carbocycles.